The average Bonchev–Trinajstić information content (AvgIpc) is 2.39. The van der Waals surface area contributed by atoms with Crippen molar-refractivity contribution < 1.29 is 9.59 Å². The van der Waals surface area contributed by atoms with Gasteiger partial charge >= 0.3 is 0 Å². The zero-order valence-corrected chi connectivity index (χ0v) is 14.7. The molecule has 1 aromatic carbocycles. The minimum atomic E-state index is -1.12. The Bertz CT molecular complexity index is 560. The fraction of sp³-hybridized carbons (Fsp3) is 0.556. The summed E-state index contributed by atoms with van der Waals surface area (Å²) in [7, 11) is 0. The first-order valence-electron chi connectivity index (χ1n) is 7.79. The standard InChI is InChI=1S/C18H28N2O2/c1-11(2)14-10-8-9-13(5)15(14)20-17(22)18(6,7)16(21)19-12(3)4/h8-12H,1-7H3,(H,19,21)(H,20,22). The molecular formula is C18H28N2O2. The summed E-state index contributed by atoms with van der Waals surface area (Å²) in [6, 6.07) is 5.96. The van der Waals surface area contributed by atoms with Crippen LogP contribution in [-0.2, 0) is 9.59 Å². The lowest BCUT2D eigenvalue weighted by molar-refractivity contribution is -0.138. The molecule has 4 heteroatoms. The van der Waals surface area contributed by atoms with Crippen molar-refractivity contribution in [2.45, 2.75) is 60.4 Å². The largest absolute Gasteiger partial charge is 0.353 e. The van der Waals surface area contributed by atoms with Crippen LogP contribution in [0.5, 0.6) is 0 Å². The Balaban J connectivity index is 3.05. The molecule has 1 aromatic rings. The topological polar surface area (TPSA) is 58.2 Å². The molecule has 4 nitrogen and oxygen atoms in total. The Kier molecular flexibility index (Phi) is 5.75. The number of nitrogens with one attached hydrogen (secondary N) is 2. The van der Waals surface area contributed by atoms with Crippen molar-refractivity contribution in [2.75, 3.05) is 5.32 Å². The lowest BCUT2D eigenvalue weighted by Crippen LogP contribution is -2.47. The van der Waals surface area contributed by atoms with Crippen LogP contribution < -0.4 is 10.6 Å². The number of amides is 2. The van der Waals surface area contributed by atoms with E-state index in [1.54, 1.807) is 13.8 Å². The molecule has 2 N–H and O–H groups in total. The lowest BCUT2D eigenvalue weighted by Gasteiger charge is -2.25. The number of aryl methyl sites for hydroxylation is 1. The van der Waals surface area contributed by atoms with Gasteiger partial charge in [0.25, 0.3) is 0 Å². The van der Waals surface area contributed by atoms with Crippen molar-refractivity contribution in [1.82, 2.24) is 5.32 Å². The van der Waals surface area contributed by atoms with Gasteiger partial charge in [0.2, 0.25) is 11.8 Å². The molecule has 0 aromatic heterocycles. The number of rotatable bonds is 5. The van der Waals surface area contributed by atoms with E-state index in [1.165, 1.54) is 0 Å². The first-order chi connectivity index (χ1) is 10.1. The molecule has 0 bridgehead atoms. The van der Waals surface area contributed by atoms with Crippen molar-refractivity contribution in [3.8, 4) is 0 Å². The maximum Gasteiger partial charge on any atom is 0.239 e. The number of anilines is 1. The number of para-hydroxylation sites is 1. The van der Waals surface area contributed by atoms with Gasteiger partial charge in [-0.3, -0.25) is 9.59 Å². The highest BCUT2D eigenvalue weighted by Crippen LogP contribution is 2.29. The van der Waals surface area contributed by atoms with Crippen molar-refractivity contribution >= 4 is 17.5 Å². The van der Waals surface area contributed by atoms with Gasteiger partial charge in [0.15, 0.2) is 0 Å². The highest BCUT2D eigenvalue weighted by atomic mass is 16.2. The number of hydrogen-bond acceptors (Lipinski definition) is 2. The molecule has 0 aliphatic carbocycles. The SMILES string of the molecule is Cc1cccc(C(C)C)c1NC(=O)C(C)(C)C(=O)NC(C)C. The molecule has 22 heavy (non-hydrogen) atoms. The van der Waals surface area contributed by atoms with E-state index in [0.717, 1.165) is 16.8 Å². The molecular weight excluding hydrogens is 276 g/mol. The summed E-state index contributed by atoms with van der Waals surface area (Å²) in [5, 5.41) is 5.76. The molecule has 2 amide bonds. The van der Waals surface area contributed by atoms with Gasteiger partial charge in [0.1, 0.15) is 5.41 Å². The van der Waals surface area contributed by atoms with Gasteiger partial charge in [-0.25, -0.2) is 0 Å². The van der Waals surface area contributed by atoms with Crippen molar-refractivity contribution in [3.05, 3.63) is 29.3 Å². The third-order valence-electron chi connectivity index (χ3n) is 3.72. The number of carbonyl (C=O) groups excluding carboxylic acids is 2. The Morgan fingerprint density at radius 3 is 2.14 bits per heavy atom. The first-order valence-corrected chi connectivity index (χ1v) is 7.79. The van der Waals surface area contributed by atoms with Crippen molar-refractivity contribution in [3.63, 3.8) is 0 Å². The smallest absolute Gasteiger partial charge is 0.239 e. The van der Waals surface area contributed by atoms with Gasteiger partial charge in [0.05, 0.1) is 0 Å². The zero-order chi connectivity index (χ0) is 17.1. The zero-order valence-electron chi connectivity index (χ0n) is 14.7. The Labute approximate surface area is 133 Å². The Morgan fingerprint density at radius 1 is 1.05 bits per heavy atom. The first kappa shape index (κ1) is 18.2. The summed E-state index contributed by atoms with van der Waals surface area (Å²) >= 11 is 0. The third-order valence-corrected chi connectivity index (χ3v) is 3.72. The maximum atomic E-state index is 12.6. The summed E-state index contributed by atoms with van der Waals surface area (Å²) < 4.78 is 0. The fourth-order valence-corrected chi connectivity index (χ4v) is 2.16. The summed E-state index contributed by atoms with van der Waals surface area (Å²) in [5.41, 5.74) is 1.77. The van der Waals surface area contributed by atoms with E-state index in [4.69, 9.17) is 0 Å². The second kappa shape index (κ2) is 6.95. The van der Waals surface area contributed by atoms with E-state index in [1.807, 2.05) is 39.0 Å². The molecule has 0 heterocycles. The van der Waals surface area contributed by atoms with Crippen LogP contribution in [0.15, 0.2) is 18.2 Å². The third kappa shape index (κ3) is 4.09. The van der Waals surface area contributed by atoms with Gasteiger partial charge in [-0.05, 0) is 51.7 Å². The maximum absolute atomic E-state index is 12.6. The van der Waals surface area contributed by atoms with Crippen molar-refractivity contribution in [2.24, 2.45) is 5.41 Å². The monoisotopic (exact) mass is 304 g/mol. The van der Waals surface area contributed by atoms with Crippen LogP contribution >= 0.6 is 0 Å². The quantitative estimate of drug-likeness (QED) is 0.816. The molecule has 0 atom stereocenters. The summed E-state index contributed by atoms with van der Waals surface area (Å²) in [5.74, 6) is -0.260. The molecule has 0 radical (unpaired) electrons. The van der Waals surface area contributed by atoms with Crippen molar-refractivity contribution in [1.29, 1.82) is 0 Å². The molecule has 0 aliphatic heterocycles. The predicted molar refractivity (Wildman–Crippen MR) is 91.0 cm³/mol. The number of benzene rings is 1. The molecule has 122 valence electrons. The highest BCUT2D eigenvalue weighted by Gasteiger charge is 2.36. The van der Waals surface area contributed by atoms with Gasteiger partial charge in [-0.2, -0.15) is 0 Å². The van der Waals surface area contributed by atoms with Gasteiger partial charge in [-0.1, -0.05) is 32.0 Å². The molecule has 0 unspecified atom stereocenters. The van der Waals surface area contributed by atoms with Crippen LogP contribution in [-0.4, -0.2) is 17.9 Å². The fourth-order valence-electron chi connectivity index (χ4n) is 2.16. The summed E-state index contributed by atoms with van der Waals surface area (Å²) in [6.07, 6.45) is 0. The van der Waals surface area contributed by atoms with Gasteiger partial charge in [0, 0.05) is 11.7 Å². The second-order valence-corrected chi connectivity index (χ2v) is 6.90. The molecule has 0 spiro atoms. The molecule has 0 saturated carbocycles. The summed E-state index contributed by atoms with van der Waals surface area (Å²) in [4.78, 5) is 24.9. The molecule has 0 saturated heterocycles. The van der Waals surface area contributed by atoms with Gasteiger partial charge < -0.3 is 10.6 Å². The van der Waals surface area contributed by atoms with E-state index in [9.17, 15) is 9.59 Å². The van der Waals surface area contributed by atoms with Crippen LogP contribution in [0.4, 0.5) is 5.69 Å². The highest BCUT2D eigenvalue weighted by molar-refractivity contribution is 6.10. The lowest BCUT2D eigenvalue weighted by atomic mass is 9.89. The van der Waals surface area contributed by atoms with E-state index in [2.05, 4.69) is 24.5 Å². The Hall–Kier alpha value is -1.84. The van der Waals surface area contributed by atoms with Crippen LogP contribution in [0.1, 0.15) is 58.6 Å². The van der Waals surface area contributed by atoms with Crippen LogP contribution in [0.3, 0.4) is 0 Å². The minimum Gasteiger partial charge on any atom is -0.353 e. The number of hydrogen-bond donors (Lipinski definition) is 2. The van der Waals surface area contributed by atoms with E-state index in [-0.39, 0.29) is 17.9 Å². The molecule has 1 rings (SSSR count). The normalized spacial score (nSPS) is 11.7. The van der Waals surface area contributed by atoms with Crippen LogP contribution in [0, 0.1) is 12.3 Å². The van der Waals surface area contributed by atoms with Gasteiger partial charge in [-0.15, -0.1) is 0 Å². The van der Waals surface area contributed by atoms with E-state index >= 15 is 0 Å². The van der Waals surface area contributed by atoms with Crippen LogP contribution in [0.25, 0.3) is 0 Å². The average molecular weight is 304 g/mol. The second-order valence-electron chi connectivity index (χ2n) is 6.90. The molecule has 0 aliphatic rings. The number of carbonyl (C=O) groups is 2. The van der Waals surface area contributed by atoms with Crippen LogP contribution in [0.2, 0.25) is 0 Å². The predicted octanol–water partition coefficient (Wildman–Crippen LogP) is 3.61. The Morgan fingerprint density at radius 2 is 1.64 bits per heavy atom. The van der Waals surface area contributed by atoms with E-state index in [0.29, 0.717) is 5.92 Å². The minimum absolute atomic E-state index is 0.00395. The molecule has 0 fully saturated rings. The van der Waals surface area contributed by atoms with E-state index < -0.39 is 5.41 Å². The summed E-state index contributed by atoms with van der Waals surface area (Å²) in [6.45, 7) is 13.2.